The molecule has 4 heteroatoms. The van der Waals surface area contributed by atoms with E-state index in [9.17, 15) is 4.79 Å². The lowest BCUT2D eigenvalue weighted by molar-refractivity contribution is -0.0503. The van der Waals surface area contributed by atoms with Crippen molar-refractivity contribution in [1.29, 1.82) is 0 Å². The highest BCUT2D eigenvalue weighted by atomic mass is 16.5. The second-order valence-corrected chi connectivity index (χ2v) is 5.28. The summed E-state index contributed by atoms with van der Waals surface area (Å²) in [4.78, 5) is 14.3. The van der Waals surface area contributed by atoms with Crippen LogP contribution in [0.25, 0.3) is 0 Å². The average molecular weight is 277 g/mol. The Morgan fingerprint density at radius 1 is 1.40 bits per heavy atom. The molecule has 1 aromatic rings. The Morgan fingerprint density at radius 2 is 2.15 bits per heavy atom. The molecule has 1 saturated heterocycles. The summed E-state index contributed by atoms with van der Waals surface area (Å²) in [5.74, 6) is 0.131. The fraction of sp³-hybridized carbons (Fsp3) is 0.562. The molecular formula is C16H23NO3. The van der Waals surface area contributed by atoms with E-state index in [0.717, 1.165) is 24.9 Å². The molecule has 0 aromatic heterocycles. The number of ether oxygens (including phenoxy) is 1. The lowest BCUT2D eigenvalue weighted by Crippen LogP contribution is -2.45. The van der Waals surface area contributed by atoms with Gasteiger partial charge in [-0.2, -0.15) is 0 Å². The minimum atomic E-state index is -0.163. The standard InChI is InChI=1S/C16H23NO3/c1-2-3-13-4-6-14(7-5-13)16(19)11-17-8-9-20-15(10-17)12-18/h4-7,15,18H,2-3,8-12H2,1H3. The van der Waals surface area contributed by atoms with Crippen LogP contribution in [0.3, 0.4) is 0 Å². The molecule has 4 nitrogen and oxygen atoms in total. The number of rotatable bonds is 6. The first-order valence-electron chi connectivity index (χ1n) is 7.30. The highest BCUT2D eigenvalue weighted by Crippen LogP contribution is 2.10. The maximum atomic E-state index is 12.2. The van der Waals surface area contributed by atoms with Crippen molar-refractivity contribution in [3.8, 4) is 0 Å². The van der Waals surface area contributed by atoms with Crippen LogP contribution in [-0.2, 0) is 11.2 Å². The summed E-state index contributed by atoms with van der Waals surface area (Å²) < 4.78 is 5.38. The smallest absolute Gasteiger partial charge is 0.176 e. The van der Waals surface area contributed by atoms with Crippen molar-refractivity contribution in [3.63, 3.8) is 0 Å². The molecular weight excluding hydrogens is 254 g/mol. The largest absolute Gasteiger partial charge is 0.394 e. The zero-order chi connectivity index (χ0) is 14.4. The van der Waals surface area contributed by atoms with E-state index in [1.165, 1.54) is 5.56 Å². The number of nitrogens with zero attached hydrogens (tertiary/aromatic N) is 1. The number of carbonyl (C=O) groups excluding carboxylic acids is 1. The molecule has 2 rings (SSSR count). The van der Waals surface area contributed by atoms with Crippen molar-refractivity contribution in [2.24, 2.45) is 0 Å². The number of hydrogen-bond acceptors (Lipinski definition) is 4. The van der Waals surface area contributed by atoms with Gasteiger partial charge in [0.2, 0.25) is 0 Å². The number of Topliss-reactive ketones (excluding diaryl/α,β-unsaturated/α-hetero) is 1. The lowest BCUT2D eigenvalue weighted by atomic mass is 10.0. The third kappa shape index (κ3) is 4.13. The van der Waals surface area contributed by atoms with Crippen LogP contribution in [0.15, 0.2) is 24.3 Å². The molecule has 0 spiro atoms. The van der Waals surface area contributed by atoms with Crippen LogP contribution < -0.4 is 0 Å². The van der Waals surface area contributed by atoms with Crippen molar-refractivity contribution in [3.05, 3.63) is 35.4 Å². The van der Waals surface area contributed by atoms with Gasteiger partial charge in [-0.25, -0.2) is 0 Å². The van der Waals surface area contributed by atoms with Crippen molar-refractivity contribution in [2.45, 2.75) is 25.9 Å². The molecule has 0 saturated carbocycles. The monoisotopic (exact) mass is 277 g/mol. The molecule has 110 valence electrons. The van der Waals surface area contributed by atoms with Gasteiger partial charge in [0.15, 0.2) is 5.78 Å². The third-order valence-electron chi connectivity index (χ3n) is 3.61. The molecule has 1 N–H and O–H groups in total. The van der Waals surface area contributed by atoms with Crippen LogP contribution in [0.1, 0.15) is 29.3 Å². The summed E-state index contributed by atoms with van der Waals surface area (Å²) in [6, 6.07) is 7.90. The number of benzene rings is 1. The summed E-state index contributed by atoms with van der Waals surface area (Å²) in [5, 5.41) is 9.10. The Morgan fingerprint density at radius 3 is 2.80 bits per heavy atom. The summed E-state index contributed by atoms with van der Waals surface area (Å²) in [5.41, 5.74) is 2.03. The van der Waals surface area contributed by atoms with Crippen molar-refractivity contribution in [2.75, 3.05) is 32.8 Å². The van der Waals surface area contributed by atoms with E-state index < -0.39 is 0 Å². The molecule has 0 aliphatic carbocycles. The third-order valence-corrected chi connectivity index (χ3v) is 3.61. The van der Waals surface area contributed by atoms with Gasteiger partial charge in [0.1, 0.15) is 0 Å². The molecule has 1 fully saturated rings. The van der Waals surface area contributed by atoms with Crippen LogP contribution >= 0.6 is 0 Å². The molecule has 0 radical (unpaired) electrons. The van der Waals surface area contributed by atoms with Gasteiger partial charge in [-0.15, -0.1) is 0 Å². The number of hydrogen-bond donors (Lipinski definition) is 1. The topological polar surface area (TPSA) is 49.8 Å². The van der Waals surface area contributed by atoms with Gasteiger partial charge in [0, 0.05) is 18.7 Å². The average Bonchev–Trinajstić information content (AvgIpc) is 2.48. The van der Waals surface area contributed by atoms with Crippen molar-refractivity contribution in [1.82, 2.24) is 4.90 Å². The van der Waals surface area contributed by atoms with E-state index >= 15 is 0 Å². The SMILES string of the molecule is CCCc1ccc(C(=O)CN2CCOC(CO)C2)cc1. The highest BCUT2D eigenvalue weighted by molar-refractivity contribution is 5.97. The summed E-state index contributed by atoms with van der Waals surface area (Å²) in [6.07, 6.45) is 2.00. The van der Waals surface area contributed by atoms with Crippen LogP contribution in [0.2, 0.25) is 0 Å². The molecule has 0 bridgehead atoms. The maximum absolute atomic E-state index is 12.2. The first-order chi connectivity index (χ1) is 9.72. The summed E-state index contributed by atoms with van der Waals surface area (Å²) in [7, 11) is 0. The number of aryl methyl sites for hydroxylation is 1. The Bertz CT molecular complexity index is 430. The van der Waals surface area contributed by atoms with Gasteiger partial charge in [0.05, 0.1) is 25.9 Å². The van der Waals surface area contributed by atoms with E-state index in [-0.39, 0.29) is 18.5 Å². The molecule has 1 heterocycles. The number of aliphatic hydroxyl groups is 1. The second kappa shape index (κ2) is 7.53. The fourth-order valence-electron chi connectivity index (χ4n) is 2.47. The summed E-state index contributed by atoms with van der Waals surface area (Å²) >= 11 is 0. The first kappa shape index (κ1) is 15.2. The molecule has 1 aromatic carbocycles. The van der Waals surface area contributed by atoms with Gasteiger partial charge < -0.3 is 9.84 Å². The quantitative estimate of drug-likeness (QED) is 0.801. The van der Waals surface area contributed by atoms with E-state index in [1.807, 2.05) is 29.2 Å². The van der Waals surface area contributed by atoms with E-state index in [1.54, 1.807) is 0 Å². The molecule has 1 atom stereocenters. The fourth-order valence-corrected chi connectivity index (χ4v) is 2.47. The van der Waals surface area contributed by atoms with Crippen LogP contribution in [0.5, 0.6) is 0 Å². The number of morpholine rings is 1. The zero-order valence-corrected chi connectivity index (χ0v) is 12.0. The maximum Gasteiger partial charge on any atom is 0.176 e. The number of aliphatic hydroxyl groups excluding tert-OH is 1. The molecule has 1 unspecified atom stereocenters. The van der Waals surface area contributed by atoms with E-state index in [2.05, 4.69) is 6.92 Å². The van der Waals surface area contributed by atoms with Gasteiger partial charge >= 0.3 is 0 Å². The molecule has 20 heavy (non-hydrogen) atoms. The molecule has 1 aliphatic rings. The normalized spacial score (nSPS) is 20.0. The predicted octanol–water partition coefficient (Wildman–Crippen LogP) is 1.51. The first-order valence-corrected chi connectivity index (χ1v) is 7.30. The van der Waals surface area contributed by atoms with Crippen molar-refractivity contribution < 1.29 is 14.6 Å². The molecule has 1 aliphatic heterocycles. The van der Waals surface area contributed by atoms with Crippen LogP contribution in [0.4, 0.5) is 0 Å². The van der Waals surface area contributed by atoms with Gasteiger partial charge in [-0.1, -0.05) is 37.6 Å². The van der Waals surface area contributed by atoms with Crippen LogP contribution in [0, 0.1) is 0 Å². The Balaban J connectivity index is 1.90. The predicted molar refractivity (Wildman–Crippen MR) is 78.0 cm³/mol. The van der Waals surface area contributed by atoms with E-state index in [0.29, 0.717) is 19.7 Å². The Labute approximate surface area is 120 Å². The minimum absolute atomic E-state index is 0.0103. The molecule has 0 amide bonds. The number of carbonyl (C=O) groups is 1. The van der Waals surface area contributed by atoms with Gasteiger partial charge in [-0.3, -0.25) is 9.69 Å². The van der Waals surface area contributed by atoms with Gasteiger partial charge in [0.25, 0.3) is 0 Å². The minimum Gasteiger partial charge on any atom is -0.394 e. The van der Waals surface area contributed by atoms with Gasteiger partial charge in [-0.05, 0) is 12.0 Å². The highest BCUT2D eigenvalue weighted by Gasteiger charge is 2.21. The lowest BCUT2D eigenvalue weighted by Gasteiger charge is -2.31. The number of ketones is 1. The summed E-state index contributed by atoms with van der Waals surface area (Å²) in [6.45, 7) is 4.50. The Hall–Kier alpha value is -1.23. The van der Waals surface area contributed by atoms with Crippen molar-refractivity contribution >= 4 is 5.78 Å². The Kier molecular flexibility index (Phi) is 5.71. The second-order valence-electron chi connectivity index (χ2n) is 5.28. The zero-order valence-electron chi connectivity index (χ0n) is 12.0. The van der Waals surface area contributed by atoms with E-state index in [4.69, 9.17) is 9.84 Å². The van der Waals surface area contributed by atoms with Crippen LogP contribution in [-0.4, -0.2) is 54.7 Å².